The average Bonchev–Trinajstić information content (AvgIpc) is 3.04. The second-order valence-electron chi connectivity index (χ2n) is 9.67. The van der Waals surface area contributed by atoms with E-state index in [0.717, 1.165) is 0 Å². The zero-order valence-corrected chi connectivity index (χ0v) is 19.4. The largest absolute Gasteiger partial charge is 0.494 e. The van der Waals surface area contributed by atoms with Gasteiger partial charge in [0.2, 0.25) is 17.5 Å². The fraction of sp³-hybridized carbons (Fsp3) is 0.346. The van der Waals surface area contributed by atoms with E-state index in [4.69, 9.17) is 9.57 Å². The van der Waals surface area contributed by atoms with Gasteiger partial charge in [0.1, 0.15) is 6.10 Å². The van der Waals surface area contributed by atoms with Crippen molar-refractivity contribution in [3.63, 3.8) is 0 Å². The third-order valence-electron chi connectivity index (χ3n) is 5.96. The highest BCUT2D eigenvalue weighted by Crippen LogP contribution is 2.44. The molecular weight excluding hydrogens is 420 g/mol. The molecule has 4 rings (SSSR count). The maximum absolute atomic E-state index is 12.6. The van der Waals surface area contributed by atoms with Gasteiger partial charge in [0.15, 0.2) is 0 Å². The Morgan fingerprint density at radius 3 is 2.03 bits per heavy atom. The molecule has 3 aromatic rings. The molecule has 1 saturated heterocycles. The molecule has 1 aromatic heterocycles. The number of piperidine rings is 1. The third kappa shape index (κ3) is 4.54. The zero-order chi connectivity index (χ0) is 23.8. The molecule has 0 unspecified atom stereocenters. The normalized spacial score (nSPS) is 18.1. The van der Waals surface area contributed by atoms with Gasteiger partial charge in [0.25, 0.3) is 0 Å². The van der Waals surface area contributed by atoms with E-state index >= 15 is 0 Å². The Kier molecular flexibility index (Phi) is 5.84. The highest BCUT2D eigenvalue weighted by molar-refractivity contribution is 5.89. The number of aromatic nitrogens is 1. The molecule has 0 saturated carbocycles. The number of benzene rings is 2. The molecule has 7 nitrogen and oxygen atoms in total. The Bertz CT molecular complexity index is 1100. The molecule has 0 atom stereocenters. The van der Waals surface area contributed by atoms with E-state index in [2.05, 4.69) is 0 Å². The SMILES string of the molecule is CC1(C)CC(OC(=O)c2ccccc2)CC(C)(C)N1Oc1cc(O)n(-c2ccccc2)c1O. The molecule has 0 bridgehead atoms. The van der Waals surface area contributed by atoms with Gasteiger partial charge in [-0.25, -0.2) is 9.36 Å². The number of hydrogen-bond acceptors (Lipinski definition) is 6. The van der Waals surface area contributed by atoms with Crippen molar-refractivity contribution in [1.82, 2.24) is 9.63 Å². The van der Waals surface area contributed by atoms with E-state index in [1.807, 2.05) is 69.2 Å². The van der Waals surface area contributed by atoms with Crippen molar-refractivity contribution in [3.05, 3.63) is 72.3 Å². The van der Waals surface area contributed by atoms with Gasteiger partial charge in [0, 0.05) is 18.9 Å². The monoisotopic (exact) mass is 450 g/mol. The predicted molar refractivity (Wildman–Crippen MR) is 125 cm³/mol. The van der Waals surface area contributed by atoms with Gasteiger partial charge >= 0.3 is 5.97 Å². The summed E-state index contributed by atoms with van der Waals surface area (Å²) >= 11 is 0. The van der Waals surface area contributed by atoms with E-state index < -0.39 is 11.1 Å². The van der Waals surface area contributed by atoms with Crippen LogP contribution in [0.25, 0.3) is 5.69 Å². The second-order valence-corrected chi connectivity index (χ2v) is 9.67. The van der Waals surface area contributed by atoms with Crippen molar-refractivity contribution in [2.75, 3.05) is 0 Å². The van der Waals surface area contributed by atoms with Gasteiger partial charge in [-0.2, -0.15) is 0 Å². The van der Waals surface area contributed by atoms with Crippen molar-refractivity contribution in [2.45, 2.75) is 57.7 Å². The van der Waals surface area contributed by atoms with E-state index in [1.165, 1.54) is 10.6 Å². The molecule has 7 heteroatoms. The summed E-state index contributed by atoms with van der Waals surface area (Å²) in [7, 11) is 0. The van der Waals surface area contributed by atoms with Crippen LogP contribution in [0.15, 0.2) is 66.7 Å². The Hall–Kier alpha value is -3.45. The van der Waals surface area contributed by atoms with Crippen molar-refractivity contribution in [3.8, 4) is 23.2 Å². The number of para-hydroxylation sites is 1. The lowest BCUT2D eigenvalue weighted by molar-refractivity contribution is -0.234. The first-order valence-electron chi connectivity index (χ1n) is 11.0. The van der Waals surface area contributed by atoms with E-state index in [-0.39, 0.29) is 29.6 Å². The first-order chi connectivity index (χ1) is 15.6. The Labute approximate surface area is 193 Å². The van der Waals surface area contributed by atoms with Crippen LogP contribution in [0.3, 0.4) is 0 Å². The summed E-state index contributed by atoms with van der Waals surface area (Å²) in [4.78, 5) is 18.8. The fourth-order valence-electron chi connectivity index (χ4n) is 4.76. The minimum atomic E-state index is -0.527. The van der Waals surface area contributed by atoms with E-state index in [9.17, 15) is 15.0 Å². The van der Waals surface area contributed by atoms with Gasteiger partial charge in [-0.1, -0.05) is 36.4 Å². The van der Waals surface area contributed by atoms with Crippen LogP contribution >= 0.6 is 0 Å². The van der Waals surface area contributed by atoms with Crippen LogP contribution in [0.1, 0.15) is 50.9 Å². The lowest BCUT2D eigenvalue weighted by Gasteiger charge is -2.52. The zero-order valence-electron chi connectivity index (χ0n) is 19.4. The highest BCUT2D eigenvalue weighted by atomic mass is 16.7. The van der Waals surface area contributed by atoms with Crippen molar-refractivity contribution in [2.24, 2.45) is 0 Å². The number of hydroxylamine groups is 2. The van der Waals surface area contributed by atoms with Crippen LogP contribution < -0.4 is 4.84 Å². The number of nitrogens with zero attached hydrogens (tertiary/aromatic N) is 2. The molecule has 2 aromatic carbocycles. The second kappa shape index (κ2) is 8.48. The van der Waals surface area contributed by atoms with Crippen LogP contribution in [0.4, 0.5) is 0 Å². The van der Waals surface area contributed by atoms with Crippen LogP contribution in [0.5, 0.6) is 17.5 Å². The summed E-state index contributed by atoms with van der Waals surface area (Å²) in [5.41, 5.74) is 0.0856. The van der Waals surface area contributed by atoms with Gasteiger partial charge in [-0.15, -0.1) is 5.06 Å². The first-order valence-corrected chi connectivity index (χ1v) is 11.0. The molecule has 1 aliphatic heterocycles. The van der Waals surface area contributed by atoms with Gasteiger partial charge in [-0.3, -0.25) is 0 Å². The van der Waals surface area contributed by atoms with Crippen LogP contribution in [0, 0.1) is 0 Å². The molecule has 0 amide bonds. The summed E-state index contributed by atoms with van der Waals surface area (Å²) in [6.45, 7) is 8.01. The lowest BCUT2D eigenvalue weighted by Crippen LogP contribution is -2.63. The van der Waals surface area contributed by atoms with Crippen molar-refractivity contribution < 1.29 is 24.6 Å². The summed E-state index contributed by atoms with van der Waals surface area (Å²) in [6, 6.07) is 19.4. The molecule has 0 aliphatic carbocycles. The summed E-state index contributed by atoms with van der Waals surface area (Å²) in [5.74, 6) is -0.514. The summed E-state index contributed by atoms with van der Waals surface area (Å²) in [5, 5.41) is 23.1. The smallest absolute Gasteiger partial charge is 0.338 e. The number of ether oxygens (including phenoxy) is 1. The van der Waals surface area contributed by atoms with Crippen LogP contribution in [-0.4, -0.2) is 43.0 Å². The van der Waals surface area contributed by atoms with Crippen LogP contribution in [-0.2, 0) is 4.74 Å². The molecule has 0 radical (unpaired) electrons. The minimum Gasteiger partial charge on any atom is -0.494 e. The maximum Gasteiger partial charge on any atom is 0.338 e. The number of rotatable bonds is 5. The van der Waals surface area contributed by atoms with Crippen molar-refractivity contribution >= 4 is 5.97 Å². The summed E-state index contributed by atoms with van der Waals surface area (Å²) < 4.78 is 7.16. The molecule has 33 heavy (non-hydrogen) atoms. The van der Waals surface area contributed by atoms with Crippen LogP contribution in [0.2, 0.25) is 0 Å². The minimum absolute atomic E-state index is 0.129. The number of carbonyl (C=O) groups excluding carboxylic acids is 1. The quantitative estimate of drug-likeness (QED) is 0.529. The number of carbonyl (C=O) groups is 1. The maximum atomic E-state index is 12.6. The third-order valence-corrected chi connectivity index (χ3v) is 5.96. The number of hydrogen-bond donors (Lipinski definition) is 2. The molecule has 2 N–H and O–H groups in total. The van der Waals surface area contributed by atoms with E-state index in [0.29, 0.717) is 24.1 Å². The Morgan fingerprint density at radius 2 is 1.45 bits per heavy atom. The Morgan fingerprint density at radius 1 is 0.909 bits per heavy atom. The lowest BCUT2D eigenvalue weighted by atomic mass is 9.80. The van der Waals surface area contributed by atoms with Crippen molar-refractivity contribution in [1.29, 1.82) is 0 Å². The molecular formula is C26H30N2O5. The fourth-order valence-corrected chi connectivity index (χ4v) is 4.76. The highest BCUT2D eigenvalue weighted by Gasteiger charge is 2.49. The number of aromatic hydroxyl groups is 2. The van der Waals surface area contributed by atoms with Gasteiger partial charge < -0.3 is 19.8 Å². The van der Waals surface area contributed by atoms with Gasteiger partial charge in [0.05, 0.1) is 22.3 Å². The summed E-state index contributed by atoms with van der Waals surface area (Å²) in [6.07, 6.45) is 0.793. The number of esters is 1. The predicted octanol–water partition coefficient (Wildman–Crippen LogP) is 5.06. The molecule has 1 aliphatic rings. The topological polar surface area (TPSA) is 84.2 Å². The molecule has 174 valence electrons. The first kappa shape index (κ1) is 22.7. The molecule has 1 fully saturated rings. The Balaban J connectivity index is 1.55. The molecule has 2 heterocycles. The average molecular weight is 451 g/mol. The molecule has 0 spiro atoms. The van der Waals surface area contributed by atoms with Gasteiger partial charge in [-0.05, 0) is 52.0 Å². The van der Waals surface area contributed by atoms with E-state index in [1.54, 1.807) is 24.3 Å². The standard InChI is InChI=1S/C26H30N2O5/c1-25(2)16-20(32-24(31)18-11-7-5-8-12-18)17-26(3,4)28(25)33-21-15-22(29)27(23(21)30)19-13-9-6-10-14-19/h5-15,20,29-30H,16-17H2,1-4H3.